The molecule has 2 aromatic rings. The summed E-state index contributed by atoms with van der Waals surface area (Å²) in [6, 6.07) is 4.76. The topological polar surface area (TPSA) is 120 Å². The van der Waals surface area contributed by atoms with Gasteiger partial charge in [0.2, 0.25) is 5.88 Å². The number of aromatic hydroxyl groups is 1. The van der Waals surface area contributed by atoms with Crippen LogP contribution < -0.4 is 4.68 Å². The molecule has 2 aromatic heterocycles. The lowest BCUT2D eigenvalue weighted by Gasteiger charge is -2.03. The van der Waals surface area contributed by atoms with Crippen LogP contribution in [-0.2, 0) is 16.7 Å². The van der Waals surface area contributed by atoms with E-state index in [1.165, 1.54) is 10.7 Å². The van der Waals surface area contributed by atoms with Crippen molar-refractivity contribution in [3.63, 3.8) is 0 Å². The highest BCUT2D eigenvalue weighted by molar-refractivity contribution is 7.85. The molecule has 0 aromatic carbocycles. The molecule has 0 radical (unpaired) electrons. The fraction of sp³-hybridized carbons (Fsp3) is 0.273. The third-order valence-electron chi connectivity index (χ3n) is 2.50. The predicted octanol–water partition coefficient (Wildman–Crippen LogP) is -0.533. The quantitative estimate of drug-likeness (QED) is 0.581. The Hall–Kier alpha value is -2.13. The summed E-state index contributed by atoms with van der Waals surface area (Å²) in [7, 11) is -4.18. The maximum atomic E-state index is 10.5. The van der Waals surface area contributed by atoms with E-state index in [9.17, 15) is 13.0 Å². The minimum Gasteiger partial charge on any atom is -0.748 e. The van der Waals surface area contributed by atoms with Crippen LogP contribution in [0.15, 0.2) is 30.6 Å². The number of aryl methyl sites for hydroxylation is 1. The zero-order chi connectivity index (χ0) is 14.6. The minimum absolute atomic E-state index is 0.161. The van der Waals surface area contributed by atoms with Crippen LogP contribution in [0.2, 0.25) is 0 Å². The molecule has 106 valence electrons. The van der Waals surface area contributed by atoms with Gasteiger partial charge < -0.3 is 9.66 Å². The summed E-state index contributed by atoms with van der Waals surface area (Å²) in [4.78, 5) is 0. The van der Waals surface area contributed by atoms with Gasteiger partial charge >= 0.3 is 0 Å². The lowest BCUT2D eigenvalue weighted by Crippen LogP contribution is -2.38. The molecule has 0 aliphatic carbocycles. The minimum atomic E-state index is -4.18. The predicted molar refractivity (Wildman–Crippen MR) is 66.3 cm³/mol. The third-order valence-corrected chi connectivity index (χ3v) is 3.29. The molecule has 0 aliphatic rings. The Morgan fingerprint density at radius 1 is 1.25 bits per heavy atom. The summed E-state index contributed by atoms with van der Waals surface area (Å²) in [6.45, 7) is 0.336. The zero-order valence-corrected chi connectivity index (χ0v) is 11.2. The van der Waals surface area contributed by atoms with Crippen molar-refractivity contribution in [2.45, 2.75) is 13.0 Å². The van der Waals surface area contributed by atoms with Crippen molar-refractivity contribution < 1.29 is 22.8 Å². The normalized spacial score (nSPS) is 11.4. The molecule has 0 unspecified atom stereocenters. The molecular weight excluding hydrogens is 284 g/mol. The Balaban J connectivity index is 2.01. The second-order valence-corrected chi connectivity index (χ2v) is 5.59. The van der Waals surface area contributed by atoms with Gasteiger partial charge in [0, 0.05) is 29.9 Å². The summed E-state index contributed by atoms with van der Waals surface area (Å²) in [5.74, 6) is -0.570. The van der Waals surface area contributed by atoms with E-state index in [0.29, 0.717) is 17.8 Å². The van der Waals surface area contributed by atoms with Crippen LogP contribution in [0.5, 0.6) is 5.88 Å². The third kappa shape index (κ3) is 4.21. The van der Waals surface area contributed by atoms with Gasteiger partial charge in [0.25, 0.3) is 0 Å². The molecule has 8 nitrogen and oxygen atoms in total. The van der Waals surface area contributed by atoms with E-state index in [4.69, 9.17) is 5.11 Å². The van der Waals surface area contributed by atoms with Crippen LogP contribution in [0.1, 0.15) is 6.42 Å². The Morgan fingerprint density at radius 3 is 2.60 bits per heavy atom. The van der Waals surface area contributed by atoms with Crippen molar-refractivity contribution in [2.24, 2.45) is 0 Å². The van der Waals surface area contributed by atoms with E-state index in [2.05, 4.69) is 15.3 Å². The summed E-state index contributed by atoms with van der Waals surface area (Å²) in [6.07, 6.45) is 3.41. The van der Waals surface area contributed by atoms with Crippen LogP contribution in [0.3, 0.4) is 0 Å². The molecule has 0 fully saturated rings. The van der Waals surface area contributed by atoms with E-state index in [1.54, 1.807) is 24.5 Å². The van der Waals surface area contributed by atoms with Gasteiger partial charge in [0.1, 0.15) is 6.20 Å². The molecule has 0 bridgehead atoms. The number of nitrogens with zero attached hydrogens (tertiary/aromatic N) is 4. The SMILES string of the molecule is O=S(=O)([O-])CCC[n+]1ccc(-c2ccc(O)nn2)cn1. The highest BCUT2D eigenvalue weighted by atomic mass is 32.2. The molecular formula is C11H12N4O4S. The fourth-order valence-corrected chi connectivity index (χ4v) is 2.03. The molecule has 2 rings (SSSR count). The van der Waals surface area contributed by atoms with Crippen molar-refractivity contribution in [3.05, 3.63) is 30.6 Å². The van der Waals surface area contributed by atoms with E-state index >= 15 is 0 Å². The highest BCUT2D eigenvalue weighted by Crippen LogP contribution is 2.14. The van der Waals surface area contributed by atoms with Crippen LogP contribution in [0.4, 0.5) is 0 Å². The largest absolute Gasteiger partial charge is 0.748 e. The number of hydrogen-bond acceptors (Lipinski definition) is 7. The molecule has 0 amide bonds. The van der Waals surface area contributed by atoms with E-state index < -0.39 is 15.9 Å². The average Bonchev–Trinajstić information content (AvgIpc) is 2.39. The van der Waals surface area contributed by atoms with Gasteiger partial charge in [0.15, 0.2) is 12.7 Å². The fourth-order valence-electron chi connectivity index (χ4n) is 1.55. The first-order valence-corrected chi connectivity index (χ1v) is 7.34. The zero-order valence-electron chi connectivity index (χ0n) is 10.4. The number of rotatable bonds is 5. The van der Waals surface area contributed by atoms with Gasteiger partial charge in [-0.15, -0.1) is 10.2 Å². The standard InChI is InChI=1S/C11H12N4O4S/c16-11-3-2-10(13-14-11)9-4-6-15(12-8-9)5-1-7-20(17,18)19/h2-4,6,8H,1,5,7H2,(H,17,18,19). The van der Waals surface area contributed by atoms with Crippen molar-refractivity contribution in [2.75, 3.05) is 5.75 Å². The van der Waals surface area contributed by atoms with Crippen molar-refractivity contribution in [1.82, 2.24) is 15.3 Å². The first-order valence-electron chi connectivity index (χ1n) is 5.76. The Kier molecular flexibility index (Phi) is 4.20. The molecule has 2 heterocycles. The van der Waals surface area contributed by atoms with Gasteiger partial charge in [-0.05, 0) is 11.2 Å². The molecule has 0 saturated heterocycles. The molecule has 0 spiro atoms. The Morgan fingerprint density at radius 2 is 2.05 bits per heavy atom. The lowest BCUT2D eigenvalue weighted by molar-refractivity contribution is -0.753. The molecule has 20 heavy (non-hydrogen) atoms. The summed E-state index contributed by atoms with van der Waals surface area (Å²) < 4.78 is 32.9. The second-order valence-electron chi connectivity index (χ2n) is 4.07. The molecule has 9 heteroatoms. The van der Waals surface area contributed by atoms with E-state index in [-0.39, 0.29) is 12.3 Å². The number of hydrogen-bond donors (Lipinski definition) is 1. The maximum Gasteiger partial charge on any atom is 0.230 e. The lowest BCUT2D eigenvalue weighted by atomic mass is 10.2. The van der Waals surface area contributed by atoms with Gasteiger partial charge in [-0.1, -0.05) is 4.68 Å². The first-order chi connectivity index (χ1) is 9.44. The number of aromatic nitrogens is 4. The van der Waals surface area contributed by atoms with Crippen LogP contribution in [0.25, 0.3) is 11.3 Å². The highest BCUT2D eigenvalue weighted by Gasteiger charge is 2.07. The Labute approximate surface area is 115 Å². The van der Waals surface area contributed by atoms with Gasteiger partial charge in [-0.3, -0.25) is 0 Å². The van der Waals surface area contributed by atoms with Crippen molar-refractivity contribution in [1.29, 1.82) is 0 Å². The van der Waals surface area contributed by atoms with Gasteiger partial charge in [-0.2, -0.15) is 0 Å². The van der Waals surface area contributed by atoms with Crippen LogP contribution in [0, 0.1) is 0 Å². The molecule has 0 atom stereocenters. The molecule has 0 saturated carbocycles. The van der Waals surface area contributed by atoms with Gasteiger partial charge in [0.05, 0.1) is 15.8 Å². The van der Waals surface area contributed by atoms with E-state index in [1.807, 2.05) is 0 Å². The molecule has 0 aliphatic heterocycles. The summed E-state index contributed by atoms with van der Waals surface area (Å²) >= 11 is 0. The summed E-state index contributed by atoms with van der Waals surface area (Å²) in [5, 5.41) is 20.5. The van der Waals surface area contributed by atoms with Crippen LogP contribution >= 0.6 is 0 Å². The smallest absolute Gasteiger partial charge is 0.230 e. The van der Waals surface area contributed by atoms with Crippen molar-refractivity contribution in [3.8, 4) is 17.1 Å². The van der Waals surface area contributed by atoms with E-state index in [0.717, 1.165) is 0 Å². The second kappa shape index (κ2) is 5.88. The van der Waals surface area contributed by atoms with Gasteiger partial charge in [-0.25, -0.2) is 8.42 Å². The summed E-state index contributed by atoms with van der Waals surface area (Å²) in [5.41, 5.74) is 1.27. The van der Waals surface area contributed by atoms with Crippen LogP contribution in [-0.4, -0.2) is 39.1 Å². The average molecular weight is 296 g/mol. The Bertz CT molecular complexity index is 671. The monoisotopic (exact) mass is 296 g/mol. The first kappa shape index (κ1) is 14.3. The molecule has 1 N–H and O–H groups in total. The van der Waals surface area contributed by atoms with Crippen molar-refractivity contribution >= 4 is 10.1 Å². The maximum absolute atomic E-state index is 10.5.